The van der Waals surface area contributed by atoms with E-state index in [9.17, 15) is 9.59 Å². The van der Waals surface area contributed by atoms with Crippen molar-refractivity contribution in [1.82, 2.24) is 9.55 Å². The summed E-state index contributed by atoms with van der Waals surface area (Å²) in [4.78, 5) is 25.6. The highest BCUT2D eigenvalue weighted by molar-refractivity contribution is 5.92. The zero-order valence-electron chi connectivity index (χ0n) is 12.3. The largest absolute Gasteiger partial charge is 0.478 e. The predicted molar refractivity (Wildman–Crippen MR) is 79.8 cm³/mol. The smallest absolute Gasteiger partial charge is 0.335 e. The van der Waals surface area contributed by atoms with Gasteiger partial charge in [0.2, 0.25) is 0 Å². The Kier molecular flexibility index (Phi) is 4.80. The van der Waals surface area contributed by atoms with Gasteiger partial charge in [0.15, 0.2) is 0 Å². The molecule has 0 aliphatic heterocycles. The van der Waals surface area contributed by atoms with E-state index >= 15 is 0 Å². The fourth-order valence-electron chi connectivity index (χ4n) is 2.08. The van der Waals surface area contributed by atoms with E-state index < -0.39 is 5.97 Å². The summed E-state index contributed by atoms with van der Waals surface area (Å²) in [5.41, 5.74) is 1.13. The van der Waals surface area contributed by atoms with E-state index in [-0.39, 0.29) is 11.3 Å². The molecule has 0 atom stereocenters. The third kappa shape index (κ3) is 3.72. The van der Waals surface area contributed by atoms with Crippen LogP contribution in [-0.2, 0) is 11.3 Å². The number of aromatic carboxylic acids is 1. The lowest BCUT2D eigenvalue weighted by atomic mass is 10.1. The topological polar surface area (TPSA) is 84.3 Å². The fourth-order valence-corrected chi connectivity index (χ4v) is 2.08. The van der Waals surface area contributed by atoms with Crippen molar-refractivity contribution >= 4 is 17.0 Å². The van der Waals surface area contributed by atoms with E-state index in [0.29, 0.717) is 36.7 Å². The molecular weight excluding hydrogens is 272 g/mol. The van der Waals surface area contributed by atoms with E-state index in [1.165, 1.54) is 16.7 Å². The molecule has 0 aliphatic rings. The Morgan fingerprint density at radius 1 is 1.38 bits per heavy atom. The Bertz CT molecular complexity index is 685. The molecule has 2 N–H and O–H groups in total. The second-order valence-corrected chi connectivity index (χ2v) is 5.41. The van der Waals surface area contributed by atoms with Crippen LogP contribution < -0.4 is 5.69 Å². The minimum absolute atomic E-state index is 0.163. The number of carbonyl (C=O) groups is 1. The minimum Gasteiger partial charge on any atom is -0.478 e. The highest BCUT2D eigenvalue weighted by atomic mass is 16.5. The van der Waals surface area contributed by atoms with Crippen molar-refractivity contribution in [1.29, 1.82) is 0 Å². The van der Waals surface area contributed by atoms with Gasteiger partial charge in [0.05, 0.1) is 29.7 Å². The Morgan fingerprint density at radius 3 is 2.81 bits per heavy atom. The summed E-state index contributed by atoms with van der Waals surface area (Å²) < 4.78 is 7.02. The predicted octanol–water partition coefficient (Wildman–Crippen LogP) is 2.09. The summed E-state index contributed by atoms with van der Waals surface area (Å²) in [6.07, 6.45) is 0.978. The third-order valence-electron chi connectivity index (χ3n) is 3.32. The van der Waals surface area contributed by atoms with Crippen molar-refractivity contribution < 1.29 is 14.6 Å². The first-order valence-electron chi connectivity index (χ1n) is 7.02. The standard InChI is InChI=1S/C15H20N2O4/c1-10(2)5-7-21-8-6-17-13-9-11(14(18)19)3-4-12(13)16-15(17)20/h3-4,9-10H,5-8H2,1-2H3,(H,16,20)(H,18,19). The summed E-state index contributed by atoms with van der Waals surface area (Å²) in [6.45, 7) is 5.74. The number of imidazole rings is 1. The van der Waals surface area contributed by atoms with Gasteiger partial charge in [-0.2, -0.15) is 0 Å². The lowest BCUT2D eigenvalue weighted by molar-refractivity contribution is 0.0697. The molecule has 2 rings (SSSR count). The van der Waals surface area contributed by atoms with Crippen LogP contribution in [0.3, 0.4) is 0 Å². The van der Waals surface area contributed by atoms with Gasteiger partial charge in [-0.15, -0.1) is 0 Å². The number of hydrogen-bond donors (Lipinski definition) is 2. The molecule has 2 aromatic rings. The molecule has 0 aliphatic carbocycles. The molecule has 0 spiro atoms. The lowest BCUT2D eigenvalue weighted by Gasteiger charge is -2.07. The first-order valence-corrected chi connectivity index (χ1v) is 7.02. The number of nitrogens with one attached hydrogen (secondary N) is 1. The highest BCUT2D eigenvalue weighted by Gasteiger charge is 2.10. The monoisotopic (exact) mass is 292 g/mol. The quantitative estimate of drug-likeness (QED) is 0.765. The van der Waals surface area contributed by atoms with E-state index in [1.807, 2.05) is 0 Å². The number of fused-ring (bicyclic) bond motifs is 1. The second kappa shape index (κ2) is 6.58. The SMILES string of the molecule is CC(C)CCOCCn1c(=O)[nH]c2ccc(C(=O)O)cc21. The van der Waals surface area contributed by atoms with Crippen molar-refractivity contribution in [3.8, 4) is 0 Å². The molecule has 0 saturated heterocycles. The molecular formula is C15H20N2O4. The third-order valence-corrected chi connectivity index (χ3v) is 3.32. The average Bonchev–Trinajstić information content (AvgIpc) is 2.73. The molecule has 114 valence electrons. The van der Waals surface area contributed by atoms with Crippen molar-refractivity contribution in [3.05, 3.63) is 34.2 Å². The number of hydrogen-bond acceptors (Lipinski definition) is 3. The van der Waals surface area contributed by atoms with Gasteiger partial charge in [-0.3, -0.25) is 4.57 Å². The van der Waals surface area contributed by atoms with E-state index in [1.54, 1.807) is 6.07 Å². The van der Waals surface area contributed by atoms with Crippen LogP contribution in [0.25, 0.3) is 11.0 Å². The summed E-state index contributed by atoms with van der Waals surface area (Å²) >= 11 is 0. The maximum Gasteiger partial charge on any atom is 0.335 e. The summed E-state index contributed by atoms with van der Waals surface area (Å²) in [7, 11) is 0. The Balaban J connectivity index is 2.11. The van der Waals surface area contributed by atoms with Crippen molar-refractivity contribution in [3.63, 3.8) is 0 Å². The molecule has 0 amide bonds. The zero-order chi connectivity index (χ0) is 15.4. The Labute approximate surface area is 122 Å². The number of nitrogens with zero attached hydrogens (tertiary/aromatic N) is 1. The zero-order valence-corrected chi connectivity index (χ0v) is 12.3. The molecule has 21 heavy (non-hydrogen) atoms. The van der Waals surface area contributed by atoms with Crippen LogP contribution in [0.1, 0.15) is 30.6 Å². The van der Waals surface area contributed by atoms with Crippen LogP contribution in [0.4, 0.5) is 0 Å². The maximum absolute atomic E-state index is 11.9. The fraction of sp³-hybridized carbons (Fsp3) is 0.467. The van der Waals surface area contributed by atoms with Gasteiger partial charge in [-0.05, 0) is 30.5 Å². The van der Waals surface area contributed by atoms with Crippen LogP contribution in [0, 0.1) is 5.92 Å². The Hall–Kier alpha value is -2.08. The van der Waals surface area contributed by atoms with E-state index in [2.05, 4.69) is 18.8 Å². The summed E-state index contributed by atoms with van der Waals surface area (Å²) in [5.74, 6) is -0.427. The van der Waals surface area contributed by atoms with Gasteiger partial charge < -0.3 is 14.8 Å². The number of aromatic nitrogens is 2. The first kappa shape index (κ1) is 15.3. The maximum atomic E-state index is 11.9. The van der Waals surface area contributed by atoms with E-state index in [4.69, 9.17) is 9.84 Å². The number of ether oxygens (including phenoxy) is 1. The van der Waals surface area contributed by atoms with Crippen LogP contribution in [-0.4, -0.2) is 33.8 Å². The number of aromatic amines is 1. The molecule has 0 radical (unpaired) electrons. The number of rotatable bonds is 7. The van der Waals surface area contributed by atoms with E-state index in [0.717, 1.165) is 6.42 Å². The molecule has 0 fully saturated rings. The van der Waals surface area contributed by atoms with Crippen LogP contribution >= 0.6 is 0 Å². The second-order valence-electron chi connectivity index (χ2n) is 5.41. The number of carboxylic acids is 1. The molecule has 6 heteroatoms. The molecule has 0 unspecified atom stereocenters. The Morgan fingerprint density at radius 2 is 2.14 bits per heavy atom. The van der Waals surface area contributed by atoms with Crippen molar-refractivity contribution in [2.45, 2.75) is 26.8 Å². The van der Waals surface area contributed by atoms with Crippen LogP contribution in [0.5, 0.6) is 0 Å². The normalized spacial score (nSPS) is 11.4. The summed E-state index contributed by atoms with van der Waals surface area (Å²) in [6, 6.07) is 4.59. The minimum atomic E-state index is -1.01. The molecule has 1 aromatic heterocycles. The van der Waals surface area contributed by atoms with Crippen LogP contribution in [0.15, 0.2) is 23.0 Å². The molecule has 1 aromatic carbocycles. The van der Waals surface area contributed by atoms with Gasteiger partial charge in [-0.25, -0.2) is 9.59 Å². The van der Waals surface area contributed by atoms with Gasteiger partial charge >= 0.3 is 11.7 Å². The number of H-pyrrole nitrogens is 1. The summed E-state index contributed by atoms with van der Waals surface area (Å²) in [5, 5.41) is 9.02. The molecule has 0 bridgehead atoms. The van der Waals surface area contributed by atoms with Gasteiger partial charge in [-0.1, -0.05) is 13.8 Å². The first-order chi connectivity index (χ1) is 9.99. The highest BCUT2D eigenvalue weighted by Crippen LogP contribution is 2.13. The van der Waals surface area contributed by atoms with Gasteiger partial charge in [0, 0.05) is 6.61 Å². The van der Waals surface area contributed by atoms with Gasteiger partial charge in [0.25, 0.3) is 0 Å². The van der Waals surface area contributed by atoms with Crippen molar-refractivity contribution in [2.75, 3.05) is 13.2 Å². The number of benzene rings is 1. The van der Waals surface area contributed by atoms with Gasteiger partial charge in [0.1, 0.15) is 0 Å². The average molecular weight is 292 g/mol. The lowest BCUT2D eigenvalue weighted by Crippen LogP contribution is -2.20. The molecule has 0 saturated carbocycles. The molecule has 1 heterocycles. The van der Waals surface area contributed by atoms with Crippen LogP contribution in [0.2, 0.25) is 0 Å². The number of carboxylic acid groups (broad SMARTS) is 1. The molecule has 6 nitrogen and oxygen atoms in total. The van der Waals surface area contributed by atoms with Crippen molar-refractivity contribution in [2.24, 2.45) is 5.92 Å².